The van der Waals surface area contributed by atoms with Gasteiger partial charge in [0.05, 0.1) is 0 Å². The van der Waals surface area contributed by atoms with Crippen LogP contribution in [0.1, 0.15) is 26.2 Å². The summed E-state index contributed by atoms with van der Waals surface area (Å²) >= 11 is 2.35. The van der Waals surface area contributed by atoms with Gasteiger partial charge in [0.25, 0.3) is 0 Å². The molecule has 0 N–H and O–H groups in total. The molecular formula is C6H12I. The molecule has 0 heterocycles. The first-order valence-electron chi connectivity index (χ1n) is 2.74. The van der Waals surface area contributed by atoms with Gasteiger partial charge in [0, 0.05) is 3.92 Å². The van der Waals surface area contributed by atoms with Crippen LogP contribution in [0.25, 0.3) is 0 Å². The molecule has 0 bridgehead atoms. The number of unbranched alkanes of at least 4 members (excludes halogenated alkanes) is 1. The molecule has 0 saturated carbocycles. The molecule has 0 aliphatic rings. The third-order valence-corrected chi connectivity index (χ3v) is 1.49. The lowest BCUT2D eigenvalue weighted by molar-refractivity contribution is 0.747. The number of hydrogen-bond acceptors (Lipinski definition) is 0. The van der Waals surface area contributed by atoms with Crippen molar-refractivity contribution >= 4 is 22.6 Å². The topological polar surface area (TPSA) is 0 Å². The zero-order valence-electron chi connectivity index (χ0n) is 4.78. The van der Waals surface area contributed by atoms with Gasteiger partial charge >= 0.3 is 0 Å². The average Bonchev–Trinajstić information content (AvgIpc) is 1.61. The summed E-state index contributed by atoms with van der Waals surface area (Å²) in [5.74, 6) is 0. The minimum atomic E-state index is 0.623. The SMILES string of the molecule is [CH2]C(I)CCCC. The number of alkyl halides is 1. The summed E-state index contributed by atoms with van der Waals surface area (Å²) in [4.78, 5) is 0. The van der Waals surface area contributed by atoms with Crippen molar-refractivity contribution < 1.29 is 0 Å². The van der Waals surface area contributed by atoms with Gasteiger partial charge in [0.1, 0.15) is 0 Å². The van der Waals surface area contributed by atoms with Crippen molar-refractivity contribution in [3.63, 3.8) is 0 Å². The first-order chi connectivity index (χ1) is 3.27. The zero-order chi connectivity index (χ0) is 5.70. The van der Waals surface area contributed by atoms with Crippen LogP contribution in [-0.2, 0) is 0 Å². The largest absolute Gasteiger partial charge is 0.0826 e. The Hall–Kier alpha value is 0.730. The molecule has 0 rings (SSSR count). The van der Waals surface area contributed by atoms with Crippen molar-refractivity contribution in [1.29, 1.82) is 0 Å². The highest BCUT2D eigenvalue weighted by molar-refractivity contribution is 14.1. The van der Waals surface area contributed by atoms with Crippen LogP contribution < -0.4 is 0 Å². The molecule has 0 aromatic carbocycles. The fourth-order valence-corrected chi connectivity index (χ4v) is 0.866. The van der Waals surface area contributed by atoms with Crippen LogP contribution in [0.4, 0.5) is 0 Å². The van der Waals surface area contributed by atoms with Crippen molar-refractivity contribution in [2.45, 2.75) is 30.1 Å². The first-order valence-corrected chi connectivity index (χ1v) is 3.99. The van der Waals surface area contributed by atoms with E-state index in [9.17, 15) is 0 Å². The van der Waals surface area contributed by atoms with Crippen LogP contribution >= 0.6 is 22.6 Å². The molecule has 0 fully saturated rings. The van der Waals surface area contributed by atoms with Crippen LogP contribution in [-0.4, -0.2) is 3.92 Å². The van der Waals surface area contributed by atoms with E-state index in [1.54, 1.807) is 0 Å². The molecule has 0 aromatic rings. The Kier molecular flexibility index (Phi) is 5.39. The molecule has 43 valence electrons. The fraction of sp³-hybridized carbons (Fsp3) is 0.833. The Morgan fingerprint density at radius 2 is 2.29 bits per heavy atom. The molecule has 0 aliphatic heterocycles. The third kappa shape index (κ3) is 6.73. The normalized spacial score (nSPS) is 14.1. The van der Waals surface area contributed by atoms with E-state index in [4.69, 9.17) is 0 Å². The Morgan fingerprint density at radius 1 is 1.71 bits per heavy atom. The first kappa shape index (κ1) is 7.73. The highest BCUT2D eigenvalue weighted by Gasteiger charge is 1.90. The minimum absolute atomic E-state index is 0.623. The second kappa shape index (κ2) is 4.88. The summed E-state index contributed by atoms with van der Waals surface area (Å²) < 4.78 is 0.623. The van der Waals surface area contributed by atoms with Crippen molar-refractivity contribution in [2.75, 3.05) is 0 Å². The van der Waals surface area contributed by atoms with Crippen molar-refractivity contribution in [3.8, 4) is 0 Å². The lowest BCUT2D eigenvalue weighted by atomic mass is 10.2. The number of hydrogen-bond donors (Lipinski definition) is 0. The Morgan fingerprint density at radius 3 is 2.43 bits per heavy atom. The molecule has 0 spiro atoms. The second-order valence-corrected chi connectivity index (χ2v) is 3.50. The van der Waals surface area contributed by atoms with Crippen molar-refractivity contribution in [1.82, 2.24) is 0 Å². The van der Waals surface area contributed by atoms with E-state index in [0.29, 0.717) is 3.92 Å². The molecule has 0 nitrogen and oxygen atoms in total. The van der Waals surface area contributed by atoms with E-state index in [-0.39, 0.29) is 0 Å². The van der Waals surface area contributed by atoms with Crippen LogP contribution in [0.5, 0.6) is 0 Å². The smallest absolute Gasteiger partial charge is 0.0110 e. The van der Waals surface area contributed by atoms with Crippen molar-refractivity contribution in [3.05, 3.63) is 6.92 Å². The lowest BCUT2D eigenvalue weighted by Gasteiger charge is -1.96. The molecule has 1 atom stereocenters. The molecule has 1 radical (unpaired) electrons. The second-order valence-electron chi connectivity index (χ2n) is 1.74. The van der Waals surface area contributed by atoms with Crippen LogP contribution in [0.3, 0.4) is 0 Å². The highest BCUT2D eigenvalue weighted by atomic mass is 127. The summed E-state index contributed by atoms with van der Waals surface area (Å²) in [5.41, 5.74) is 0. The van der Waals surface area contributed by atoms with E-state index in [2.05, 4.69) is 36.4 Å². The van der Waals surface area contributed by atoms with Gasteiger partial charge in [-0.1, -0.05) is 42.4 Å². The zero-order valence-corrected chi connectivity index (χ0v) is 6.94. The Balaban J connectivity index is 2.68. The summed E-state index contributed by atoms with van der Waals surface area (Å²) in [6.07, 6.45) is 3.91. The van der Waals surface area contributed by atoms with Gasteiger partial charge in [0.15, 0.2) is 0 Å². The summed E-state index contributed by atoms with van der Waals surface area (Å²) in [5, 5.41) is 0. The summed E-state index contributed by atoms with van der Waals surface area (Å²) in [7, 11) is 0. The summed E-state index contributed by atoms with van der Waals surface area (Å²) in [6.45, 7) is 6.07. The van der Waals surface area contributed by atoms with E-state index in [1.165, 1.54) is 19.3 Å². The molecule has 0 saturated heterocycles. The van der Waals surface area contributed by atoms with Crippen LogP contribution in [0, 0.1) is 6.92 Å². The Bertz CT molecular complexity index is 33.2. The molecule has 1 unspecified atom stereocenters. The number of rotatable bonds is 3. The van der Waals surface area contributed by atoms with Gasteiger partial charge in [-0.05, 0) is 13.3 Å². The maximum absolute atomic E-state index is 3.86. The Labute approximate surface area is 59.8 Å². The highest BCUT2D eigenvalue weighted by Crippen LogP contribution is 2.07. The molecule has 0 aromatic heterocycles. The van der Waals surface area contributed by atoms with E-state index < -0.39 is 0 Å². The molecule has 0 amide bonds. The number of halogens is 1. The van der Waals surface area contributed by atoms with Gasteiger partial charge in [-0.3, -0.25) is 0 Å². The summed E-state index contributed by atoms with van der Waals surface area (Å²) in [6, 6.07) is 0. The minimum Gasteiger partial charge on any atom is -0.0826 e. The van der Waals surface area contributed by atoms with Gasteiger partial charge < -0.3 is 0 Å². The van der Waals surface area contributed by atoms with E-state index >= 15 is 0 Å². The maximum atomic E-state index is 3.86. The van der Waals surface area contributed by atoms with E-state index in [0.717, 1.165) is 0 Å². The van der Waals surface area contributed by atoms with Gasteiger partial charge in [-0.2, -0.15) is 0 Å². The molecule has 1 heteroatoms. The van der Waals surface area contributed by atoms with Gasteiger partial charge in [0.2, 0.25) is 0 Å². The third-order valence-electron chi connectivity index (χ3n) is 0.871. The lowest BCUT2D eigenvalue weighted by Crippen LogP contribution is -1.87. The quantitative estimate of drug-likeness (QED) is 0.497. The fourth-order valence-electron chi connectivity index (χ4n) is 0.426. The predicted molar refractivity (Wildman–Crippen MR) is 42.7 cm³/mol. The predicted octanol–water partition coefficient (Wildman–Crippen LogP) is 2.81. The molecular weight excluding hydrogens is 199 g/mol. The van der Waals surface area contributed by atoms with Crippen molar-refractivity contribution in [2.24, 2.45) is 0 Å². The standard InChI is InChI=1S/C6H12I/c1-3-4-5-6(2)7/h6H,2-5H2,1H3. The van der Waals surface area contributed by atoms with E-state index in [1.807, 2.05) is 0 Å². The monoisotopic (exact) mass is 211 g/mol. The van der Waals surface area contributed by atoms with Gasteiger partial charge in [-0.25, -0.2) is 0 Å². The average molecular weight is 211 g/mol. The van der Waals surface area contributed by atoms with Gasteiger partial charge in [-0.15, -0.1) is 0 Å². The molecule has 0 aliphatic carbocycles. The maximum Gasteiger partial charge on any atom is 0.0110 e. The van der Waals surface area contributed by atoms with Crippen LogP contribution in [0.2, 0.25) is 0 Å². The molecule has 7 heavy (non-hydrogen) atoms. The van der Waals surface area contributed by atoms with Crippen LogP contribution in [0.15, 0.2) is 0 Å².